The molecular weight excluding hydrogens is 434 g/mol. The number of H-pyrrole nitrogens is 1. The second-order valence-corrected chi connectivity index (χ2v) is 9.59. The van der Waals surface area contributed by atoms with Crippen LogP contribution in [-0.2, 0) is 23.1 Å². The quantitative estimate of drug-likeness (QED) is 0.472. The van der Waals surface area contributed by atoms with Crippen LogP contribution in [0.2, 0.25) is 5.02 Å². The number of rotatable bonds is 6. The van der Waals surface area contributed by atoms with E-state index in [0.29, 0.717) is 16.6 Å². The Morgan fingerprint density at radius 3 is 2.58 bits per heavy atom. The Morgan fingerprint density at radius 2 is 1.84 bits per heavy atom. The number of aromatic amines is 1. The number of pyridine rings is 2. The van der Waals surface area contributed by atoms with E-state index in [2.05, 4.69) is 9.97 Å². The van der Waals surface area contributed by atoms with Crippen molar-refractivity contribution in [2.45, 2.75) is 24.9 Å². The fraction of sp³-hybridized carbons (Fsp3) is 0.130. The maximum absolute atomic E-state index is 13.5. The molecule has 0 saturated carbocycles. The van der Waals surface area contributed by atoms with Gasteiger partial charge in [-0.05, 0) is 54.3 Å². The summed E-state index contributed by atoms with van der Waals surface area (Å²) >= 11 is 6.20. The van der Waals surface area contributed by atoms with Crippen molar-refractivity contribution in [1.82, 2.24) is 14.3 Å². The van der Waals surface area contributed by atoms with E-state index in [4.69, 9.17) is 11.6 Å². The van der Waals surface area contributed by atoms with Crippen molar-refractivity contribution in [3.05, 3.63) is 105 Å². The van der Waals surface area contributed by atoms with E-state index < -0.39 is 10.0 Å². The third-order valence-electron chi connectivity index (χ3n) is 4.96. The van der Waals surface area contributed by atoms with Crippen LogP contribution in [0.5, 0.6) is 0 Å². The Kier molecular flexibility index (Phi) is 5.91. The molecule has 2 aromatic carbocycles. The first-order valence-electron chi connectivity index (χ1n) is 9.61. The van der Waals surface area contributed by atoms with Gasteiger partial charge in [0.1, 0.15) is 4.90 Å². The Balaban J connectivity index is 1.80. The SMILES string of the molecule is Cc1ccc2[nH]c(=O)c(CN(Cc3cccnc3)S(=O)(=O)c3ccccc3Cl)cc2c1. The molecule has 0 amide bonds. The third kappa shape index (κ3) is 4.54. The van der Waals surface area contributed by atoms with Crippen molar-refractivity contribution in [2.24, 2.45) is 0 Å². The largest absolute Gasteiger partial charge is 0.322 e. The molecule has 0 atom stereocenters. The predicted octanol–water partition coefficient (Wildman–Crippen LogP) is 4.28. The molecule has 8 heteroatoms. The number of benzene rings is 2. The summed E-state index contributed by atoms with van der Waals surface area (Å²) in [5.41, 5.74) is 2.46. The highest BCUT2D eigenvalue weighted by Gasteiger charge is 2.28. The number of nitrogens with zero attached hydrogens (tertiary/aromatic N) is 2. The number of hydrogen-bond acceptors (Lipinski definition) is 4. The first-order chi connectivity index (χ1) is 14.8. The maximum Gasteiger partial charge on any atom is 0.252 e. The van der Waals surface area contributed by atoms with Crippen LogP contribution in [0.3, 0.4) is 0 Å². The number of aryl methyl sites for hydroxylation is 1. The van der Waals surface area contributed by atoms with Gasteiger partial charge in [0.05, 0.1) is 5.02 Å². The molecule has 1 N–H and O–H groups in total. The molecule has 2 aromatic heterocycles. The molecular formula is C23H20ClN3O3S. The van der Waals surface area contributed by atoms with Crippen LogP contribution < -0.4 is 5.56 Å². The first-order valence-corrected chi connectivity index (χ1v) is 11.4. The van der Waals surface area contributed by atoms with Crippen molar-refractivity contribution >= 4 is 32.5 Å². The zero-order valence-corrected chi connectivity index (χ0v) is 18.3. The van der Waals surface area contributed by atoms with Crippen molar-refractivity contribution in [2.75, 3.05) is 0 Å². The molecule has 158 valence electrons. The van der Waals surface area contributed by atoms with Gasteiger partial charge in [-0.3, -0.25) is 9.78 Å². The highest BCUT2D eigenvalue weighted by atomic mass is 35.5. The zero-order valence-electron chi connectivity index (χ0n) is 16.7. The maximum atomic E-state index is 13.5. The second-order valence-electron chi connectivity index (χ2n) is 7.28. The second kappa shape index (κ2) is 8.63. The van der Waals surface area contributed by atoms with Gasteiger partial charge in [0.15, 0.2) is 0 Å². The smallest absolute Gasteiger partial charge is 0.252 e. The number of hydrogen-bond donors (Lipinski definition) is 1. The fourth-order valence-corrected chi connectivity index (χ4v) is 5.29. The average molecular weight is 454 g/mol. The van der Waals surface area contributed by atoms with Gasteiger partial charge in [-0.25, -0.2) is 8.42 Å². The van der Waals surface area contributed by atoms with Crippen molar-refractivity contribution in [1.29, 1.82) is 0 Å². The molecule has 0 spiro atoms. The number of nitrogens with one attached hydrogen (secondary N) is 1. The summed E-state index contributed by atoms with van der Waals surface area (Å²) in [4.78, 5) is 19.6. The molecule has 0 saturated heterocycles. The van der Waals surface area contributed by atoms with Crippen molar-refractivity contribution in [3.8, 4) is 0 Å². The zero-order chi connectivity index (χ0) is 22.0. The summed E-state index contributed by atoms with van der Waals surface area (Å²) in [5.74, 6) is 0. The van der Waals surface area contributed by atoms with Crippen molar-refractivity contribution in [3.63, 3.8) is 0 Å². The van der Waals surface area contributed by atoms with E-state index in [1.54, 1.807) is 42.7 Å². The Labute approximate surface area is 185 Å². The van der Waals surface area contributed by atoms with Crippen LogP contribution in [-0.4, -0.2) is 22.7 Å². The topological polar surface area (TPSA) is 83.1 Å². The molecule has 0 fully saturated rings. The molecule has 0 radical (unpaired) electrons. The van der Waals surface area contributed by atoms with Gasteiger partial charge in [0.2, 0.25) is 10.0 Å². The van der Waals surface area contributed by atoms with Gasteiger partial charge in [-0.2, -0.15) is 4.31 Å². The monoisotopic (exact) mass is 453 g/mol. The van der Waals surface area contributed by atoms with Crippen LogP contribution in [0.4, 0.5) is 0 Å². The van der Waals surface area contributed by atoms with Gasteiger partial charge in [0, 0.05) is 36.6 Å². The lowest BCUT2D eigenvalue weighted by atomic mass is 10.1. The number of fused-ring (bicyclic) bond motifs is 1. The highest BCUT2D eigenvalue weighted by Crippen LogP contribution is 2.27. The van der Waals surface area contributed by atoms with E-state index in [1.165, 1.54) is 16.4 Å². The van der Waals surface area contributed by atoms with E-state index in [0.717, 1.165) is 10.9 Å². The van der Waals surface area contributed by atoms with Crippen LogP contribution >= 0.6 is 11.6 Å². The molecule has 2 heterocycles. The summed E-state index contributed by atoms with van der Waals surface area (Å²) in [6, 6.07) is 17.2. The summed E-state index contributed by atoms with van der Waals surface area (Å²) in [6.07, 6.45) is 3.22. The molecule has 0 aliphatic carbocycles. The highest BCUT2D eigenvalue weighted by molar-refractivity contribution is 7.89. The molecule has 0 aliphatic heterocycles. The molecule has 0 aliphatic rings. The number of halogens is 1. The minimum Gasteiger partial charge on any atom is -0.322 e. The molecule has 31 heavy (non-hydrogen) atoms. The molecule has 4 aromatic rings. The van der Waals surface area contributed by atoms with Crippen LogP contribution in [0.15, 0.2) is 82.7 Å². The summed E-state index contributed by atoms with van der Waals surface area (Å²) in [6.45, 7) is 1.90. The van der Waals surface area contributed by atoms with Gasteiger partial charge in [-0.1, -0.05) is 41.4 Å². The normalized spacial score (nSPS) is 11.8. The first kappa shape index (κ1) is 21.2. The lowest BCUT2D eigenvalue weighted by molar-refractivity contribution is 0.399. The third-order valence-corrected chi connectivity index (χ3v) is 7.25. The lowest BCUT2D eigenvalue weighted by Crippen LogP contribution is -2.32. The van der Waals surface area contributed by atoms with E-state index >= 15 is 0 Å². The minimum absolute atomic E-state index is 0.00591. The van der Waals surface area contributed by atoms with Crippen LogP contribution in [0, 0.1) is 6.92 Å². The molecule has 6 nitrogen and oxygen atoms in total. The van der Waals surface area contributed by atoms with Crippen molar-refractivity contribution < 1.29 is 8.42 Å². The van der Waals surface area contributed by atoms with E-state index in [-0.39, 0.29) is 28.6 Å². The Morgan fingerprint density at radius 1 is 1.03 bits per heavy atom. The van der Waals surface area contributed by atoms with Crippen LogP contribution in [0.25, 0.3) is 10.9 Å². The van der Waals surface area contributed by atoms with Gasteiger partial charge >= 0.3 is 0 Å². The molecule has 0 unspecified atom stereocenters. The van der Waals surface area contributed by atoms with Gasteiger partial charge in [-0.15, -0.1) is 0 Å². The Hall–Kier alpha value is -3.00. The fourth-order valence-electron chi connectivity index (χ4n) is 3.39. The summed E-state index contributed by atoms with van der Waals surface area (Å²) in [5, 5.41) is 0.966. The lowest BCUT2D eigenvalue weighted by Gasteiger charge is -2.23. The standard InChI is InChI=1S/C23H20ClN3O3S/c1-16-8-9-21-18(11-16)12-19(23(28)26-21)15-27(14-17-5-4-10-25-13-17)31(29,30)22-7-3-2-6-20(22)24/h2-13H,14-15H2,1H3,(H,26,28). The molecule has 0 bridgehead atoms. The number of sulfonamides is 1. The van der Waals surface area contributed by atoms with E-state index in [1.807, 2.05) is 25.1 Å². The minimum atomic E-state index is -3.99. The predicted molar refractivity (Wildman–Crippen MR) is 121 cm³/mol. The van der Waals surface area contributed by atoms with Gasteiger partial charge in [0.25, 0.3) is 5.56 Å². The van der Waals surface area contributed by atoms with Gasteiger partial charge < -0.3 is 4.98 Å². The molecule has 4 rings (SSSR count). The Bertz CT molecular complexity index is 1400. The average Bonchev–Trinajstić information content (AvgIpc) is 2.75. The van der Waals surface area contributed by atoms with Crippen LogP contribution in [0.1, 0.15) is 16.7 Å². The summed E-state index contributed by atoms with van der Waals surface area (Å²) < 4.78 is 28.2. The van der Waals surface area contributed by atoms with E-state index in [9.17, 15) is 13.2 Å². The number of aromatic nitrogens is 2. The summed E-state index contributed by atoms with van der Waals surface area (Å²) in [7, 11) is -3.99.